The smallest absolute Gasteiger partial charge is 0.184 e. The van der Waals surface area contributed by atoms with Gasteiger partial charge in [-0.1, -0.05) is 68.0 Å². The van der Waals surface area contributed by atoms with E-state index in [0.29, 0.717) is 24.0 Å². The minimum absolute atomic E-state index is 0.115. The summed E-state index contributed by atoms with van der Waals surface area (Å²) in [5, 5.41) is 21.8. The highest BCUT2D eigenvalue weighted by Gasteiger charge is 2.77. The van der Waals surface area contributed by atoms with E-state index in [2.05, 4.69) is 12.7 Å². The number of ether oxygens (including phenoxy) is 1. The molecular weight excluding hydrogens is 492 g/mol. The monoisotopic (exact) mass is 534 g/mol. The van der Waals surface area contributed by atoms with E-state index in [1.54, 1.807) is 51.1 Å². The molecule has 210 valence electrons. The zero-order valence-electron chi connectivity index (χ0n) is 24.3. The van der Waals surface area contributed by atoms with Crippen LogP contribution in [0.1, 0.15) is 84.5 Å². The van der Waals surface area contributed by atoms with E-state index in [1.807, 2.05) is 27.7 Å². The topological polar surface area (TPSA) is 101 Å². The Hall–Kier alpha value is -2.83. The highest BCUT2D eigenvalue weighted by molar-refractivity contribution is 6.36. The number of ketones is 3. The van der Waals surface area contributed by atoms with E-state index in [9.17, 15) is 24.6 Å². The molecule has 0 radical (unpaired) electrons. The van der Waals surface area contributed by atoms with Crippen LogP contribution in [0.2, 0.25) is 0 Å². The van der Waals surface area contributed by atoms with E-state index in [0.717, 1.165) is 5.57 Å². The average molecular weight is 535 g/mol. The zero-order chi connectivity index (χ0) is 29.1. The summed E-state index contributed by atoms with van der Waals surface area (Å²) in [4.78, 5) is 44.4. The molecule has 2 aliphatic carbocycles. The summed E-state index contributed by atoms with van der Waals surface area (Å²) in [6.07, 6.45) is 1.30. The number of hydrogen-bond donors (Lipinski definition) is 2. The number of fused-ring (bicyclic) bond motifs is 1. The number of hydrogen-bond acceptors (Lipinski definition) is 6. The van der Waals surface area contributed by atoms with Crippen LogP contribution < -0.4 is 0 Å². The molecule has 4 rings (SSSR count). The van der Waals surface area contributed by atoms with Crippen LogP contribution >= 0.6 is 0 Å². The normalized spacial score (nSPS) is 30.4. The summed E-state index contributed by atoms with van der Waals surface area (Å²) < 4.78 is 6.33. The number of benzene rings is 1. The van der Waals surface area contributed by atoms with Crippen LogP contribution in [0.25, 0.3) is 0 Å². The molecular formula is C33H42O6. The predicted molar refractivity (Wildman–Crippen MR) is 150 cm³/mol. The third-order valence-corrected chi connectivity index (χ3v) is 9.42. The number of carbonyl (C=O) groups excluding carboxylic acids is 3. The second kappa shape index (κ2) is 9.67. The molecule has 1 aliphatic heterocycles. The fourth-order valence-corrected chi connectivity index (χ4v) is 6.90. The molecule has 1 saturated carbocycles. The number of Topliss-reactive ketones (excluding diaryl/α,β-unsaturated/α-hetero) is 3. The number of allylic oxidation sites excluding steroid dienone is 3. The SMILES string of the molecule is C=C(C)C(O)CC1=C2OC(C(C)(C)O)CC23CC(CC=C(C)C)C(C)(C)C(C(=O)c2ccccc2)(C1=O)C3=O. The van der Waals surface area contributed by atoms with Gasteiger partial charge in [-0.25, -0.2) is 0 Å². The molecule has 2 N–H and O–H groups in total. The maximum Gasteiger partial charge on any atom is 0.184 e. The van der Waals surface area contributed by atoms with Gasteiger partial charge in [-0.3, -0.25) is 14.4 Å². The van der Waals surface area contributed by atoms with Crippen molar-refractivity contribution in [3.05, 3.63) is 71.0 Å². The molecule has 1 heterocycles. The second-order valence-electron chi connectivity index (χ2n) is 13.2. The van der Waals surface area contributed by atoms with Crippen LogP contribution in [0.3, 0.4) is 0 Å². The van der Waals surface area contributed by atoms with Crippen LogP contribution in [0.15, 0.2) is 65.5 Å². The van der Waals surface area contributed by atoms with Crippen LogP contribution in [0, 0.1) is 22.2 Å². The molecule has 2 fully saturated rings. The molecule has 1 aromatic carbocycles. The molecule has 5 atom stereocenters. The van der Waals surface area contributed by atoms with Gasteiger partial charge in [0, 0.05) is 24.0 Å². The van der Waals surface area contributed by atoms with Gasteiger partial charge in [0.1, 0.15) is 11.9 Å². The third kappa shape index (κ3) is 4.27. The summed E-state index contributed by atoms with van der Waals surface area (Å²) in [6, 6.07) is 8.53. The first-order valence-corrected chi connectivity index (χ1v) is 13.8. The summed E-state index contributed by atoms with van der Waals surface area (Å²) in [5.41, 5.74) is -3.56. The maximum absolute atomic E-state index is 15.0. The number of aliphatic hydroxyl groups excluding tert-OH is 1. The zero-order valence-corrected chi connectivity index (χ0v) is 24.3. The van der Waals surface area contributed by atoms with Crippen molar-refractivity contribution in [1.82, 2.24) is 0 Å². The largest absolute Gasteiger partial charge is 0.490 e. The Morgan fingerprint density at radius 1 is 1.15 bits per heavy atom. The Labute approximate surface area is 231 Å². The quantitative estimate of drug-likeness (QED) is 0.258. The van der Waals surface area contributed by atoms with E-state index < -0.39 is 51.4 Å². The standard InChI is InChI=1S/C33H42O6/c1-19(2)14-15-22-17-32-18-25(31(7,8)38)39-28(32)23(16-24(34)20(3)4)27(36)33(29(32)37,30(22,5)6)26(35)21-12-10-9-11-13-21/h9-14,22,24-25,34,38H,3,15-18H2,1-2,4-8H3. The average Bonchev–Trinajstić information content (AvgIpc) is 3.24. The summed E-state index contributed by atoms with van der Waals surface area (Å²) in [7, 11) is 0. The highest BCUT2D eigenvalue weighted by Crippen LogP contribution is 2.69. The lowest BCUT2D eigenvalue weighted by atomic mass is 9.39. The minimum atomic E-state index is -2.00. The molecule has 1 saturated heterocycles. The molecule has 0 aromatic heterocycles. The van der Waals surface area contributed by atoms with Gasteiger partial charge >= 0.3 is 0 Å². The molecule has 39 heavy (non-hydrogen) atoms. The van der Waals surface area contributed by atoms with Crippen LogP contribution in [-0.4, -0.2) is 45.4 Å². The van der Waals surface area contributed by atoms with Gasteiger partial charge in [-0.15, -0.1) is 0 Å². The first kappa shape index (κ1) is 29.2. The van der Waals surface area contributed by atoms with Gasteiger partial charge in [0.05, 0.1) is 17.1 Å². The van der Waals surface area contributed by atoms with Gasteiger partial charge in [-0.05, 0) is 58.8 Å². The van der Waals surface area contributed by atoms with Crippen molar-refractivity contribution in [2.75, 3.05) is 0 Å². The van der Waals surface area contributed by atoms with Gasteiger partial charge in [0.2, 0.25) is 0 Å². The minimum Gasteiger partial charge on any atom is -0.490 e. The first-order valence-electron chi connectivity index (χ1n) is 13.8. The van der Waals surface area contributed by atoms with Crippen molar-refractivity contribution in [2.45, 2.75) is 92.0 Å². The van der Waals surface area contributed by atoms with Crippen molar-refractivity contribution >= 4 is 17.3 Å². The number of aliphatic hydroxyl groups is 2. The van der Waals surface area contributed by atoms with Crippen molar-refractivity contribution in [2.24, 2.45) is 22.2 Å². The summed E-state index contributed by atoms with van der Waals surface area (Å²) in [5.74, 6) is -1.54. The maximum atomic E-state index is 15.0. The Bertz CT molecular complexity index is 1270. The van der Waals surface area contributed by atoms with Gasteiger partial charge < -0.3 is 14.9 Å². The van der Waals surface area contributed by atoms with Crippen molar-refractivity contribution in [3.8, 4) is 0 Å². The summed E-state index contributed by atoms with van der Waals surface area (Å²) in [6.45, 7) is 16.5. The molecule has 6 nitrogen and oxygen atoms in total. The molecule has 0 amide bonds. The fraction of sp³-hybridized carbons (Fsp3) is 0.545. The Kier molecular flexibility index (Phi) is 7.23. The van der Waals surface area contributed by atoms with Crippen molar-refractivity contribution < 1.29 is 29.3 Å². The molecule has 6 heteroatoms. The van der Waals surface area contributed by atoms with Gasteiger partial charge in [-0.2, -0.15) is 0 Å². The van der Waals surface area contributed by atoms with E-state index >= 15 is 0 Å². The van der Waals surface area contributed by atoms with E-state index in [-0.39, 0.29) is 30.1 Å². The van der Waals surface area contributed by atoms with Gasteiger partial charge in [0.25, 0.3) is 0 Å². The second-order valence-corrected chi connectivity index (χ2v) is 13.2. The lowest BCUT2D eigenvalue weighted by molar-refractivity contribution is -0.163. The Balaban J connectivity index is 2.07. The molecule has 3 aliphatic rings. The van der Waals surface area contributed by atoms with E-state index in [1.165, 1.54) is 0 Å². The molecule has 2 bridgehead atoms. The van der Waals surface area contributed by atoms with Crippen molar-refractivity contribution in [3.63, 3.8) is 0 Å². The Morgan fingerprint density at radius 3 is 2.31 bits per heavy atom. The first-order chi connectivity index (χ1) is 18.0. The number of rotatable bonds is 8. The summed E-state index contributed by atoms with van der Waals surface area (Å²) >= 11 is 0. The Morgan fingerprint density at radius 2 is 1.77 bits per heavy atom. The molecule has 5 unspecified atom stereocenters. The lowest BCUT2D eigenvalue weighted by Gasteiger charge is -2.58. The van der Waals surface area contributed by atoms with Crippen molar-refractivity contribution in [1.29, 1.82) is 0 Å². The van der Waals surface area contributed by atoms with E-state index in [4.69, 9.17) is 4.74 Å². The highest BCUT2D eigenvalue weighted by atomic mass is 16.5. The van der Waals surface area contributed by atoms with Crippen LogP contribution in [-0.2, 0) is 14.3 Å². The molecule has 1 spiro atoms. The third-order valence-electron chi connectivity index (χ3n) is 9.42. The number of carbonyl (C=O) groups is 3. The predicted octanol–water partition coefficient (Wildman–Crippen LogP) is 5.54. The van der Waals surface area contributed by atoms with Crippen LogP contribution in [0.4, 0.5) is 0 Å². The van der Waals surface area contributed by atoms with Crippen LogP contribution in [0.5, 0.6) is 0 Å². The lowest BCUT2D eigenvalue weighted by Crippen LogP contribution is -2.69. The fourth-order valence-electron chi connectivity index (χ4n) is 6.90. The molecule has 1 aromatic rings. The van der Waals surface area contributed by atoms with Gasteiger partial charge in [0.15, 0.2) is 22.8 Å².